The first kappa shape index (κ1) is 14.1. The van der Waals surface area contributed by atoms with Gasteiger partial charge in [0.1, 0.15) is 11.9 Å². The molecule has 0 saturated carbocycles. The van der Waals surface area contributed by atoms with Gasteiger partial charge in [0.05, 0.1) is 11.3 Å². The first-order chi connectivity index (χ1) is 9.65. The quantitative estimate of drug-likeness (QED) is 0.907. The smallest absolute Gasteiger partial charge is 0.144 e. The lowest BCUT2D eigenvalue weighted by molar-refractivity contribution is 0.967. The Morgan fingerprint density at radius 1 is 1.20 bits per heavy atom. The predicted octanol–water partition coefficient (Wildman–Crippen LogP) is 4.06. The number of aromatic nitrogens is 1. The highest BCUT2D eigenvalue weighted by molar-refractivity contribution is 5.68. The molecule has 0 spiro atoms. The molecule has 0 amide bonds. The van der Waals surface area contributed by atoms with E-state index in [1.54, 1.807) is 0 Å². The maximum Gasteiger partial charge on any atom is 0.144 e. The van der Waals surface area contributed by atoms with Crippen molar-refractivity contribution in [3.63, 3.8) is 0 Å². The number of nitrogens with one attached hydrogen (secondary N) is 1. The molecular weight excluding hydrogens is 246 g/mol. The maximum absolute atomic E-state index is 9.21. The van der Waals surface area contributed by atoms with Crippen molar-refractivity contribution in [2.75, 3.05) is 11.9 Å². The fourth-order valence-corrected chi connectivity index (χ4v) is 2.08. The Morgan fingerprint density at radius 3 is 2.50 bits per heavy atom. The highest BCUT2D eigenvalue weighted by Gasteiger charge is 2.10. The summed E-state index contributed by atoms with van der Waals surface area (Å²) in [5, 5.41) is 12.4. The fourth-order valence-electron chi connectivity index (χ4n) is 2.08. The molecule has 0 bridgehead atoms. The van der Waals surface area contributed by atoms with E-state index in [1.807, 2.05) is 13.0 Å². The largest absolute Gasteiger partial charge is 0.369 e. The Labute approximate surface area is 120 Å². The van der Waals surface area contributed by atoms with Gasteiger partial charge in [0.15, 0.2) is 0 Å². The lowest BCUT2D eigenvalue weighted by atomic mass is 10.0. The van der Waals surface area contributed by atoms with Crippen LogP contribution >= 0.6 is 0 Å². The summed E-state index contributed by atoms with van der Waals surface area (Å²) < 4.78 is 0. The van der Waals surface area contributed by atoms with E-state index in [2.05, 4.69) is 54.5 Å². The minimum atomic E-state index is 0.604. The van der Waals surface area contributed by atoms with Crippen LogP contribution in [0, 0.1) is 25.2 Å². The molecule has 0 saturated heterocycles. The molecule has 0 aliphatic heterocycles. The predicted molar refractivity (Wildman–Crippen MR) is 82.6 cm³/mol. The average Bonchev–Trinajstić information content (AvgIpc) is 2.46. The van der Waals surface area contributed by atoms with Crippen LogP contribution in [-0.2, 0) is 0 Å². The number of pyridine rings is 1. The van der Waals surface area contributed by atoms with Crippen molar-refractivity contribution in [1.29, 1.82) is 5.26 Å². The Morgan fingerprint density at radius 2 is 1.90 bits per heavy atom. The summed E-state index contributed by atoms with van der Waals surface area (Å²) in [6.45, 7) is 6.97. The van der Waals surface area contributed by atoms with Crippen LogP contribution in [0.1, 0.15) is 30.0 Å². The zero-order chi connectivity index (χ0) is 14.5. The minimum Gasteiger partial charge on any atom is -0.369 e. The summed E-state index contributed by atoms with van der Waals surface area (Å²) in [5.41, 5.74) is 4.86. The van der Waals surface area contributed by atoms with E-state index < -0.39 is 0 Å². The Kier molecular flexibility index (Phi) is 4.37. The van der Waals surface area contributed by atoms with Gasteiger partial charge in [0.25, 0.3) is 0 Å². The molecule has 0 radical (unpaired) electrons. The van der Waals surface area contributed by atoms with E-state index in [0.717, 1.165) is 29.8 Å². The summed E-state index contributed by atoms with van der Waals surface area (Å²) in [7, 11) is 0. The molecule has 1 N–H and O–H groups in total. The van der Waals surface area contributed by atoms with Gasteiger partial charge < -0.3 is 5.32 Å². The zero-order valence-corrected chi connectivity index (χ0v) is 12.2. The van der Waals surface area contributed by atoms with Gasteiger partial charge in [-0.3, -0.25) is 0 Å². The van der Waals surface area contributed by atoms with Gasteiger partial charge in [-0.25, -0.2) is 4.98 Å². The van der Waals surface area contributed by atoms with E-state index >= 15 is 0 Å². The monoisotopic (exact) mass is 265 g/mol. The Bertz CT molecular complexity index is 637. The van der Waals surface area contributed by atoms with Crippen LogP contribution in [0.15, 0.2) is 30.3 Å². The van der Waals surface area contributed by atoms with Crippen LogP contribution in [0.4, 0.5) is 5.82 Å². The van der Waals surface area contributed by atoms with Gasteiger partial charge in [-0.1, -0.05) is 36.8 Å². The van der Waals surface area contributed by atoms with Crippen molar-refractivity contribution in [2.24, 2.45) is 0 Å². The first-order valence-electron chi connectivity index (χ1n) is 6.88. The number of rotatable bonds is 4. The number of hydrogen-bond donors (Lipinski definition) is 1. The van der Waals surface area contributed by atoms with Crippen LogP contribution in [-0.4, -0.2) is 11.5 Å². The first-order valence-corrected chi connectivity index (χ1v) is 6.88. The number of hydrogen-bond acceptors (Lipinski definition) is 3. The van der Waals surface area contributed by atoms with Crippen molar-refractivity contribution < 1.29 is 0 Å². The van der Waals surface area contributed by atoms with Crippen molar-refractivity contribution in [3.8, 4) is 17.3 Å². The number of aryl methyl sites for hydroxylation is 2. The highest BCUT2D eigenvalue weighted by atomic mass is 15.0. The second kappa shape index (κ2) is 6.21. The number of anilines is 1. The molecule has 1 aromatic carbocycles. The summed E-state index contributed by atoms with van der Waals surface area (Å²) in [6.07, 6.45) is 1.00. The van der Waals surface area contributed by atoms with Gasteiger partial charge in [0, 0.05) is 12.1 Å². The van der Waals surface area contributed by atoms with E-state index in [-0.39, 0.29) is 0 Å². The molecule has 0 unspecified atom stereocenters. The summed E-state index contributed by atoms with van der Waals surface area (Å²) in [5.74, 6) is 0.676. The third-order valence-corrected chi connectivity index (χ3v) is 3.20. The standard InChI is InChI=1S/C17H19N3/c1-4-9-19-17-15(11-18)10-13(3)16(20-17)14-7-5-12(2)6-8-14/h5-8,10H,4,9H2,1-3H3,(H,19,20). The number of benzene rings is 1. The molecule has 3 heteroatoms. The zero-order valence-electron chi connectivity index (χ0n) is 12.2. The Balaban J connectivity index is 2.48. The second-order valence-corrected chi connectivity index (χ2v) is 4.95. The van der Waals surface area contributed by atoms with Crippen LogP contribution in [0.25, 0.3) is 11.3 Å². The third-order valence-electron chi connectivity index (χ3n) is 3.20. The van der Waals surface area contributed by atoms with Gasteiger partial charge in [0.2, 0.25) is 0 Å². The topological polar surface area (TPSA) is 48.7 Å². The lowest BCUT2D eigenvalue weighted by Crippen LogP contribution is -2.06. The molecule has 1 heterocycles. The number of nitrogens with zero attached hydrogens (tertiary/aromatic N) is 2. The molecule has 0 fully saturated rings. The molecule has 0 atom stereocenters. The van der Waals surface area contributed by atoms with Crippen molar-refractivity contribution >= 4 is 5.82 Å². The molecule has 3 nitrogen and oxygen atoms in total. The minimum absolute atomic E-state index is 0.604. The molecule has 2 aromatic rings. The van der Waals surface area contributed by atoms with Crippen molar-refractivity contribution in [3.05, 3.63) is 47.0 Å². The third kappa shape index (κ3) is 2.97. The van der Waals surface area contributed by atoms with Crippen LogP contribution in [0.5, 0.6) is 0 Å². The van der Waals surface area contributed by atoms with Gasteiger partial charge in [-0.05, 0) is 31.9 Å². The van der Waals surface area contributed by atoms with Gasteiger partial charge >= 0.3 is 0 Å². The second-order valence-electron chi connectivity index (χ2n) is 4.95. The summed E-state index contributed by atoms with van der Waals surface area (Å²) in [6, 6.07) is 12.4. The van der Waals surface area contributed by atoms with E-state index in [9.17, 15) is 5.26 Å². The average molecular weight is 265 g/mol. The maximum atomic E-state index is 9.21. The fraction of sp³-hybridized carbons (Fsp3) is 0.294. The van der Waals surface area contributed by atoms with Crippen molar-refractivity contribution in [1.82, 2.24) is 4.98 Å². The molecule has 1 aromatic heterocycles. The molecule has 0 aliphatic carbocycles. The van der Waals surface area contributed by atoms with Gasteiger partial charge in [-0.2, -0.15) is 5.26 Å². The van der Waals surface area contributed by atoms with E-state index in [4.69, 9.17) is 0 Å². The van der Waals surface area contributed by atoms with E-state index in [1.165, 1.54) is 5.56 Å². The normalized spacial score (nSPS) is 10.1. The molecule has 102 valence electrons. The van der Waals surface area contributed by atoms with E-state index in [0.29, 0.717) is 11.4 Å². The number of nitriles is 1. The van der Waals surface area contributed by atoms with Crippen LogP contribution in [0.2, 0.25) is 0 Å². The lowest BCUT2D eigenvalue weighted by Gasteiger charge is -2.11. The van der Waals surface area contributed by atoms with Crippen LogP contribution in [0.3, 0.4) is 0 Å². The van der Waals surface area contributed by atoms with Gasteiger partial charge in [-0.15, -0.1) is 0 Å². The molecule has 0 aliphatic rings. The molecule has 20 heavy (non-hydrogen) atoms. The molecule has 2 rings (SSSR count). The summed E-state index contributed by atoms with van der Waals surface area (Å²) in [4.78, 5) is 4.65. The summed E-state index contributed by atoms with van der Waals surface area (Å²) >= 11 is 0. The van der Waals surface area contributed by atoms with Crippen LogP contribution < -0.4 is 5.32 Å². The van der Waals surface area contributed by atoms with Crippen molar-refractivity contribution in [2.45, 2.75) is 27.2 Å². The molecular formula is C17H19N3. The SMILES string of the molecule is CCCNc1nc(-c2ccc(C)cc2)c(C)cc1C#N. The highest BCUT2D eigenvalue weighted by Crippen LogP contribution is 2.26. The Hall–Kier alpha value is -2.34.